The molecule has 6 heteroatoms. The summed E-state index contributed by atoms with van der Waals surface area (Å²) in [5.41, 5.74) is 2.04. The number of hydrogen-bond acceptors (Lipinski definition) is 5. The minimum absolute atomic E-state index is 0.0536. The fourth-order valence-electron chi connectivity index (χ4n) is 3.24. The third-order valence-electron chi connectivity index (χ3n) is 4.61. The van der Waals surface area contributed by atoms with Crippen molar-refractivity contribution in [1.82, 2.24) is 15.1 Å². The Morgan fingerprint density at radius 2 is 2.08 bits per heavy atom. The van der Waals surface area contributed by atoms with Crippen LogP contribution in [0.1, 0.15) is 40.8 Å². The van der Waals surface area contributed by atoms with E-state index in [2.05, 4.69) is 10.2 Å². The summed E-state index contributed by atoms with van der Waals surface area (Å²) in [5, 5.41) is 8.44. The Morgan fingerprint density at radius 1 is 1.20 bits per heavy atom. The van der Waals surface area contributed by atoms with Gasteiger partial charge in [0.1, 0.15) is 0 Å². The van der Waals surface area contributed by atoms with Gasteiger partial charge in [0.05, 0.1) is 12.2 Å². The van der Waals surface area contributed by atoms with Crippen molar-refractivity contribution in [1.29, 1.82) is 0 Å². The van der Waals surface area contributed by atoms with E-state index in [1.165, 1.54) is 6.26 Å². The van der Waals surface area contributed by atoms with Crippen molar-refractivity contribution in [3.63, 3.8) is 0 Å². The number of amides is 1. The number of piperidine rings is 1. The fourth-order valence-corrected chi connectivity index (χ4v) is 3.24. The number of likely N-dealkylation sites (tertiary alicyclic amines) is 1. The molecule has 6 nitrogen and oxygen atoms in total. The molecule has 0 spiro atoms. The molecule has 128 valence electrons. The van der Waals surface area contributed by atoms with Crippen LogP contribution >= 0.6 is 0 Å². The van der Waals surface area contributed by atoms with E-state index in [1.807, 2.05) is 31.2 Å². The SMILES string of the molecule is Cc1ccccc1-c1nnc(C2CCCN(C(=O)c3ccco3)C2)o1. The maximum Gasteiger partial charge on any atom is 0.289 e. The van der Waals surface area contributed by atoms with Crippen molar-refractivity contribution in [2.75, 3.05) is 13.1 Å². The molecule has 1 atom stereocenters. The molecule has 1 fully saturated rings. The molecule has 0 N–H and O–H groups in total. The van der Waals surface area contributed by atoms with E-state index >= 15 is 0 Å². The molecule has 25 heavy (non-hydrogen) atoms. The average molecular weight is 337 g/mol. The molecule has 0 bridgehead atoms. The summed E-state index contributed by atoms with van der Waals surface area (Å²) in [7, 11) is 0. The number of aryl methyl sites for hydroxylation is 1. The Morgan fingerprint density at radius 3 is 2.88 bits per heavy atom. The summed E-state index contributed by atoms with van der Waals surface area (Å²) in [4.78, 5) is 14.3. The highest BCUT2D eigenvalue weighted by molar-refractivity contribution is 5.91. The highest BCUT2D eigenvalue weighted by atomic mass is 16.4. The van der Waals surface area contributed by atoms with Crippen molar-refractivity contribution in [2.45, 2.75) is 25.7 Å². The van der Waals surface area contributed by atoms with Gasteiger partial charge in [0.2, 0.25) is 11.8 Å². The van der Waals surface area contributed by atoms with Gasteiger partial charge in [0.25, 0.3) is 5.91 Å². The van der Waals surface area contributed by atoms with Crippen LogP contribution < -0.4 is 0 Å². The first-order chi connectivity index (χ1) is 12.2. The Hall–Kier alpha value is -2.89. The van der Waals surface area contributed by atoms with Gasteiger partial charge in [-0.3, -0.25) is 4.79 Å². The molecular formula is C19H19N3O3. The fraction of sp³-hybridized carbons (Fsp3) is 0.316. The van der Waals surface area contributed by atoms with Crippen LogP contribution in [0.5, 0.6) is 0 Å². The van der Waals surface area contributed by atoms with Crippen molar-refractivity contribution in [3.8, 4) is 11.5 Å². The van der Waals surface area contributed by atoms with Crippen molar-refractivity contribution >= 4 is 5.91 Å². The average Bonchev–Trinajstić information content (AvgIpc) is 3.34. The van der Waals surface area contributed by atoms with Gasteiger partial charge < -0.3 is 13.7 Å². The van der Waals surface area contributed by atoms with Crippen LogP contribution in [0.25, 0.3) is 11.5 Å². The summed E-state index contributed by atoms with van der Waals surface area (Å²) >= 11 is 0. The second-order valence-corrected chi connectivity index (χ2v) is 6.33. The van der Waals surface area contributed by atoms with Gasteiger partial charge in [-0.15, -0.1) is 10.2 Å². The first-order valence-electron chi connectivity index (χ1n) is 8.44. The van der Waals surface area contributed by atoms with E-state index in [0.717, 1.165) is 30.5 Å². The van der Waals surface area contributed by atoms with Gasteiger partial charge in [-0.1, -0.05) is 18.2 Å². The van der Waals surface area contributed by atoms with Crippen LogP contribution in [0.3, 0.4) is 0 Å². The predicted molar refractivity (Wildman–Crippen MR) is 91.1 cm³/mol. The molecule has 0 saturated carbocycles. The van der Waals surface area contributed by atoms with Gasteiger partial charge in [0, 0.05) is 18.7 Å². The van der Waals surface area contributed by atoms with Gasteiger partial charge in [-0.2, -0.15) is 0 Å². The minimum Gasteiger partial charge on any atom is -0.459 e. The first-order valence-corrected chi connectivity index (χ1v) is 8.44. The number of furan rings is 1. The smallest absolute Gasteiger partial charge is 0.289 e. The van der Waals surface area contributed by atoms with Crippen molar-refractivity contribution in [3.05, 3.63) is 59.9 Å². The zero-order valence-corrected chi connectivity index (χ0v) is 14.0. The van der Waals surface area contributed by atoms with Crippen molar-refractivity contribution < 1.29 is 13.6 Å². The summed E-state index contributed by atoms with van der Waals surface area (Å²) in [6, 6.07) is 11.3. The summed E-state index contributed by atoms with van der Waals surface area (Å²) in [5.74, 6) is 1.45. The summed E-state index contributed by atoms with van der Waals surface area (Å²) in [6.07, 6.45) is 3.34. The summed E-state index contributed by atoms with van der Waals surface area (Å²) in [6.45, 7) is 3.30. The van der Waals surface area contributed by atoms with E-state index in [9.17, 15) is 4.79 Å². The molecule has 1 aromatic carbocycles. The highest BCUT2D eigenvalue weighted by Crippen LogP contribution is 2.30. The molecule has 1 unspecified atom stereocenters. The highest BCUT2D eigenvalue weighted by Gasteiger charge is 2.30. The largest absolute Gasteiger partial charge is 0.459 e. The number of nitrogens with zero attached hydrogens (tertiary/aromatic N) is 3. The molecule has 1 aliphatic rings. The molecule has 1 amide bonds. The lowest BCUT2D eigenvalue weighted by Gasteiger charge is -2.30. The van der Waals surface area contributed by atoms with Crippen LogP contribution in [0.15, 0.2) is 51.5 Å². The van der Waals surface area contributed by atoms with E-state index in [0.29, 0.717) is 24.1 Å². The quantitative estimate of drug-likeness (QED) is 0.729. The molecule has 1 saturated heterocycles. The third-order valence-corrected chi connectivity index (χ3v) is 4.61. The number of hydrogen-bond donors (Lipinski definition) is 0. The van der Waals surface area contributed by atoms with Gasteiger partial charge in [-0.25, -0.2) is 0 Å². The lowest BCUT2D eigenvalue weighted by atomic mass is 9.98. The Bertz CT molecular complexity index is 870. The second-order valence-electron chi connectivity index (χ2n) is 6.33. The van der Waals surface area contributed by atoms with E-state index < -0.39 is 0 Å². The van der Waals surface area contributed by atoms with Crippen LogP contribution in [-0.4, -0.2) is 34.1 Å². The zero-order chi connectivity index (χ0) is 17.2. The van der Waals surface area contributed by atoms with Crippen LogP contribution in [-0.2, 0) is 0 Å². The van der Waals surface area contributed by atoms with Crippen LogP contribution in [0.4, 0.5) is 0 Å². The third kappa shape index (κ3) is 3.07. The first kappa shape index (κ1) is 15.6. The minimum atomic E-state index is -0.0895. The number of carbonyl (C=O) groups is 1. The number of carbonyl (C=O) groups excluding carboxylic acids is 1. The maximum absolute atomic E-state index is 12.5. The lowest BCUT2D eigenvalue weighted by molar-refractivity contribution is 0.0666. The topological polar surface area (TPSA) is 72.4 Å². The molecule has 0 radical (unpaired) electrons. The van der Waals surface area contributed by atoms with Crippen LogP contribution in [0.2, 0.25) is 0 Å². The monoisotopic (exact) mass is 337 g/mol. The van der Waals surface area contributed by atoms with Gasteiger partial charge in [0.15, 0.2) is 5.76 Å². The molecule has 3 aromatic rings. The van der Waals surface area contributed by atoms with Gasteiger partial charge >= 0.3 is 0 Å². The lowest BCUT2D eigenvalue weighted by Crippen LogP contribution is -2.39. The standard InChI is InChI=1S/C19H19N3O3/c1-13-6-2-3-8-15(13)18-21-20-17(25-18)14-7-4-10-22(12-14)19(23)16-9-5-11-24-16/h2-3,5-6,8-9,11,14H,4,7,10,12H2,1H3. The number of aromatic nitrogens is 2. The van der Waals surface area contributed by atoms with Gasteiger partial charge in [-0.05, 0) is 43.5 Å². The predicted octanol–water partition coefficient (Wildman–Crippen LogP) is 3.66. The Balaban J connectivity index is 1.52. The molecule has 4 rings (SSSR count). The van der Waals surface area contributed by atoms with Crippen LogP contribution in [0, 0.1) is 6.92 Å². The van der Waals surface area contributed by atoms with E-state index in [-0.39, 0.29) is 11.8 Å². The molecular weight excluding hydrogens is 318 g/mol. The molecule has 0 aliphatic carbocycles. The van der Waals surface area contributed by atoms with Crippen molar-refractivity contribution in [2.24, 2.45) is 0 Å². The van der Waals surface area contributed by atoms with E-state index in [4.69, 9.17) is 8.83 Å². The second kappa shape index (κ2) is 6.55. The number of rotatable bonds is 3. The molecule has 3 heterocycles. The Kier molecular flexibility index (Phi) is 4.09. The normalized spacial score (nSPS) is 17.6. The molecule has 2 aromatic heterocycles. The summed E-state index contributed by atoms with van der Waals surface area (Å²) < 4.78 is 11.1. The maximum atomic E-state index is 12.5. The van der Waals surface area contributed by atoms with E-state index in [1.54, 1.807) is 17.0 Å². The molecule has 1 aliphatic heterocycles. The zero-order valence-electron chi connectivity index (χ0n) is 14.0. The Labute approximate surface area is 145 Å². The number of benzene rings is 1.